The molecule has 2 nitrogen and oxygen atoms in total. The van der Waals surface area contributed by atoms with Gasteiger partial charge in [-0.2, -0.15) is 0 Å². The first kappa shape index (κ1) is 16.1. The van der Waals surface area contributed by atoms with Gasteiger partial charge in [0.15, 0.2) is 0 Å². The van der Waals surface area contributed by atoms with Gasteiger partial charge < -0.3 is 4.74 Å². The third-order valence-corrected chi connectivity index (χ3v) is 4.41. The molecule has 0 bridgehead atoms. The first-order valence-corrected chi connectivity index (χ1v) is 7.76. The summed E-state index contributed by atoms with van der Waals surface area (Å²) in [6.07, 6.45) is 1.64. The second-order valence-corrected chi connectivity index (χ2v) is 6.21. The number of ether oxygens (including phenoxy) is 1. The van der Waals surface area contributed by atoms with Gasteiger partial charge in [-0.25, -0.2) is 4.98 Å². The Morgan fingerprint density at radius 3 is 2.10 bits per heavy atom. The molecule has 2 rings (SSSR count). The fraction of sp³-hybridized carbons (Fsp3) is 0.353. The highest BCUT2D eigenvalue weighted by molar-refractivity contribution is 6.30. The number of nitrogens with zero attached hydrogens (tertiary/aromatic N) is 1. The van der Waals surface area contributed by atoms with E-state index >= 15 is 0 Å². The summed E-state index contributed by atoms with van der Waals surface area (Å²) in [5.41, 5.74) is 1.26. The maximum absolute atomic E-state index is 5.93. The van der Waals surface area contributed by atoms with E-state index in [-0.39, 0.29) is 6.10 Å². The Labute approximate surface area is 136 Å². The molecule has 0 radical (unpaired) electrons. The van der Waals surface area contributed by atoms with Crippen LogP contribution in [-0.4, -0.2) is 11.1 Å². The molecule has 1 aromatic heterocycles. The molecule has 0 amide bonds. The third kappa shape index (κ3) is 4.36. The van der Waals surface area contributed by atoms with Crippen molar-refractivity contribution in [1.82, 2.24) is 4.98 Å². The van der Waals surface area contributed by atoms with Crippen LogP contribution in [0.1, 0.15) is 32.3 Å². The standard InChI is InChI=1S/C17H19Cl2NO/c1-11(12(2)14-4-6-15(18)7-5-14)13(3)21-17-9-8-16(19)10-20-17/h4-13H,1-3H3/t11-,12-,13-/m0/s1. The van der Waals surface area contributed by atoms with Gasteiger partial charge in [-0.3, -0.25) is 0 Å². The van der Waals surface area contributed by atoms with E-state index in [2.05, 4.69) is 37.9 Å². The number of hydrogen-bond donors (Lipinski definition) is 0. The molecule has 112 valence electrons. The Kier molecular flexibility index (Phi) is 5.49. The summed E-state index contributed by atoms with van der Waals surface area (Å²) in [4.78, 5) is 4.17. The molecular formula is C17H19Cl2NO. The summed E-state index contributed by atoms with van der Waals surface area (Å²) in [6, 6.07) is 11.6. The lowest BCUT2D eigenvalue weighted by atomic mass is 9.86. The average molecular weight is 324 g/mol. The van der Waals surface area contributed by atoms with E-state index in [1.54, 1.807) is 18.3 Å². The minimum absolute atomic E-state index is 0.0457. The molecule has 0 saturated heterocycles. The largest absolute Gasteiger partial charge is 0.474 e. The van der Waals surface area contributed by atoms with Crippen molar-refractivity contribution >= 4 is 23.2 Å². The van der Waals surface area contributed by atoms with Crippen LogP contribution in [0.3, 0.4) is 0 Å². The van der Waals surface area contributed by atoms with Crippen LogP contribution in [0.15, 0.2) is 42.6 Å². The molecule has 4 heteroatoms. The van der Waals surface area contributed by atoms with Crippen molar-refractivity contribution in [1.29, 1.82) is 0 Å². The van der Waals surface area contributed by atoms with Crippen molar-refractivity contribution in [2.24, 2.45) is 5.92 Å². The van der Waals surface area contributed by atoms with E-state index in [0.717, 1.165) is 5.02 Å². The molecular weight excluding hydrogens is 305 g/mol. The van der Waals surface area contributed by atoms with Gasteiger partial charge in [-0.1, -0.05) is 49.2 Å². The molecule has 2 aromatic rings. The number of aromatic nitrogens is 1. The van der Waals surface area contributed by atoms with Crippen molar-refractivity contribution in [3.63, 3.8) is 0 Å². The Hall–Kier alpha value is -1.25. The predicted octanol–water partition coefficient (Wildman–Crippen LogP) is 5.60. The summed E-state index contributed by atoms with van der Waals surface area (Å²) >= 11 is 11.8. The normalized spacial score (nSPS) is 15.3. The van der Waals surface area contributed by atoms with E-state index in [1.807, 2.05) is 12.1 Å². The van der Waals surface area contributed by atoms with Crippen molar-refractivity contribution in [3.05, 3.63) is 58.2 Å². The third-order valence-electron chi connectivity index (χ3n) is 3.93. The lowest BCUT2D eigenvalue weighted by Gasteiger charge is -2.26. The molecule has 0 aliphatic rings. The molecule has 0 saturated carbocycles. The van der Waals surface area contributed by atoms with Crippen LogP contribution in [0.2, 0.25) is 10.0 Å². The monoisotopic (exact) mass is 323 g/mol. The van der Waals surface area contributed by atoms with Gasteiger partial charge in [0.05, 0.1) is 5.02 Å². The second kappa shape index (κ2) is 7.15. The van der Waals surface area contributed by atoms with Gasteiger partial charge in [0.1, 0.15) is 6.10 Å². The predicted molar refractivity (Wildman–Crippen MR) is 88.4 cm³/mol. The highest BCUT2D eigenvalue weighted by Crippen LogP contribution is 2.29. The number of benzene rings is 1. The number of halogens is 2. The molecule has 0 spiro atoms. The Morgan fingerprint density at radius 1 is 0.905 bits per heavy atom. The van der Waals surface area contributed by atoms with Crippen molar-refractivity contribution in [3.8, 4) is 5.88 Å². The van der Waals surface area contributed by atoms with Gasteiger partial charge >= 0.3 is 0 Å². The highest BCUT2D eigenvalue weighted by atomic mass is 35.5. The Morgan fingerprint density at radius 2 is 1.52 bits per heavy atom. The quantitative estimate of drug-likeness (QED) is 0.714. The molecule has 1 heterocycles. The number of hydrogen-bond acceptors (Lipinski definition) is 2. The fourth-order valence-corrected chi connectivity index (χ4v) is 2.44. The van der Waals surface area contributed by atoms with Crippen LogP contribution in [0.25, 0.3) is 0 Å². The van der Waals surface area contributed by atoms with E-state index in [0.29, 0.717) is 22.7 Å². The van der Waals surface area contributed by atoms with Crippen LogP contribution in [-0.2, 0) is 0 Å². The van der Waals surface area contributed by atoms with Gasteiger partial charge in [0.25, 0.3) is 0 Å². The lowest BCUT2D eigenvalue weighted by Crippen LogP contribution is -2.26. The van der Waals surface area contributed by atoms with Gasteiger partial charge in [0.2, 0.25) is 5.88 Å². The fourth-order valence-electron chi connectivity index (χ4n) is 2.21. The van der Waals surface area contributed by atoms with Gasteiger partial charge in [-0.15, -0.1) is 0 Å². The van der Waals surface area contributed by atoms with E-state index in [4.69, 9.17) is 27.9 Å². The summed E-state index contributed by atoms with van der Waals surface area (Å²) in [7, 11) is 0. The summed E-state index contributed by atoms with van der Waals surface area (Å²) in [5, 5.41) is 1.37. The van der Waals surface area contributed by atoms with Gasteiger partial charge in [-0.05, 0) is 42.5 Å². The Balaban J connectivity index is 2.02. The molecule has 0 fully saturated rings. The first-order chi connectivity index (χ1) is 9.97. The highest BCUT2D eigenvalue weighted by Gasteiger charge is 2.22. The SMILES string of the molecule is C[C@H]([C@H](C)Oc1ccc(Cl)cn1)[C@H](C)c1ccc(Cl)cc1. The van der Waals surface area contributed by atoms with E-state index in [1.165, 1.54) is 5.56 Å². The summed E-state index contributed by atoms with van der Waals surface area (Å²) in [6.45, 7) is 6.44. The molecule has 0 unspecified atom stereocenters. The zero-order chi connectivity index (χ0) is 15.4. The van der Waals surface area contributed by atoms with Gasteiger partial charge in [0, 0.05) is 17.3 Å². The minimum Gasteiger partial charge on any atom is -0.474 e. The zero-order valence-corrected chi connectivity index (χ0v) is 13.9. The van der Waals surface area contributed by atoms with Crippen molar-refractivity contribution in [2.45, 2.75) is 32.8 Å². The minimum atomic E-state index is 0.0457. The number of rotatable bonds is 5. The van der Waals surface area contributed by atoms with E-state index < -0.39 is 0 Å². The van der Waals surface area contributed by atoms with Crippen LogP contribution in [0.4, 0.5) is 0 Å². The molecule has 0 aliphatic heterocycles. The Bertz CT molecular complexity index is 568. The smallest absolute Gasteiger partial charge is 0.213 e. The topological polar surface area (TPSA) is 22.1 Å². The first-order valence-electron chi connectivity index (χ1n) is 7.01. The maximum Gasteiger partial charge on any atom is 0.213 e. The number of pyridine rings is 1. The lowest BCUT2D eigenvalue weighted by molar-refractivity contribution is 0.140. The molecule has 3 atom stereocenters. The van der Waals surface area contributed by atoms with Crippen molar-refractivity contribution in [2.75, 3.05) is 0 Å². The van der Waals surface area contributed by atoms with Crippen LogP contribution < -0.4 is 4.74 Å². The maximum atomic E-state index is 5.93. The molecule has 0 N–H and O–H groups in total. The summed E-state index contributed by atoms with van der Waals surface area (Å²) in [5.74, 6) is 1.30. The van der Waals surface area contributed by atoms with Crippen molar-refractivity contribution < 1.29 is 4.74 Å². The van der Waals surface area contributed by atoms with Crippen LogP contribution in [0.5, 0.6) is 5.88 Å². The van der Waals surface area contributed by atoms with E-state index in [9.17, 15) is 0 Å². The average Bonchev–Trinajstić information content (AvgIpc) is 2.49. The summed E-state index contributed by atoms with van der Waals surface area (Å²) < 4.78 is 5.90. The molecule has 1 aromatic carbocycles. The second-order valence-electron chi connectivity index (χ2n) is 5.34. The van der Waals surface area contributed by atoms with Crippen LogP contribution in [0, 0.1) is 5.92 Å². The van der Waals surface area contributed by atoms with Crippen LogP contribution >= 0.6 is 23.2 Å². The molecule has 0 aliphatic carbocycles. The molecule has 21 heavy (non-hydrogen) atoms. The zero-order valence-electron chi connectivity index (χ0n) is 12.4.